The van der Waals surface area contributed by atoms with Gasteiger partial charge in [-0.25, -0.2) is 9.78 Å². The second-order valence-corrected chi connectivity index (χ2v) is 4.22. The lowest BCUT2D eigenvalue weighted by atomic mass is 10.0. The Morgan fingerprint density at radius 1 is 1.47 bits per heavy atom. The quantitative estimate of drug-likeness (QED) is 0.701. The van der Waals surface area contributed by atoms with Crippen LogP contribution in [0.15, 0.2) is 18.2 Å². The van der Waals surface area contributed by atoms with Crippen LogP contribution in [0.5, 0.6) is 0 Å². The molecule has 1 aromatic heterocycles. The number of pyridine rings is 1. The molecular weight excluding hydrogens is 220 g/mol. The summed E-state index contributed by atoms with van der Waals surface area (Å²) in [5.41, 5.74) is 0.0153. The first kappa shape index (κ1) is 13.4. The number of nitrogens with one attached hydrogen (secondary N) is 1. The van der Waals surface area contributed by atoms with Crippen molar-refractivity contribution in [2.45, 2.75) is 26.3 Å². The van der Waals surface area contributed by atoms with Crippen molar-refractivity contribution >= 4 is 11.8 Å². The summed E-state index contributed by atoms with van der Waals surface area (Å²) >= 11 is 0. The van der Waals surface area contributed by atoms with Crippen LogP contribution in [0.2, 0.25) is 0 Å². The SMILES string of the molecule is CC(C)C(CCO)Nc1cccc(C(=O)O)n1. The van der Waals surface area contributed by atoms with Crippen molar-refractivity contribution in [2.75, 3.05) is 11.9 Å². The van der Waals surface area contributed by atoms with Crippen LogP contribution in [0, 0.1) is 5.92 Å². The lowest BCUT2D eigenvalue weighted by Crippen LogP contribution is -2.27. The number of aliphatic hydroxyl groups is 1. The van der Waals surface area contributed by atoms with E-state index >= 15 is 0 Å². The fourth-order valence-corrected chi connectivity index (χ4v) is 1.54. The zero-order valence-corrected chi connectivity index (χ0v) is 10.1. The molecule has 0 spiro atoms. The minimum Gasteiger partial charge on any atom is -0.477 e. The molecule has 0 saturated carbocycles. The second kappa shape index (κ2) is 6.20. The van der Waals surface area contributed by atoms with Crippen molar-refractivity contribution in [2.24, 2.45) is 5.92 Å². The number of aromatic carboxylic acids is 1. The second-order valence-electron chi connectivity index (χ2n) is 4.22. The normalized spacial score (nSPS) is 12.5. The van der Waals surface area contributed by atoms with Crippen molar-refractivity contribution in [1.29, 1.82) is 0 Å². The van der Waals surface area contributed by atoms with Gasteiger partial charge in [0.1, 0.15) is 5.82 Å². The van der Waals surface area contributed by atoms with E-state index in [9.17, 15) is 4.79 Å². The summed E-state index contributed by atoms with van der Waals surface area (Å²) in [7, 11) is 0. The fourth-order valence-electron chi connectivity index (χ4n) is 1.54. The predicted molar refractivity (Wildman–Crippen MR) is 65.1 cm³/mol. The van der Waals surface area contributed by atoms with Crippen molar-refractivity contribution in [3.8, 4) is 0 Å². The fraction of sp³-hybridized carbons (Fsp3) is 0.500. The average Bonchev–Trinajstić information content (AvgIpc) is 2.28. The summed E-state index contributed by atoms with van der Waals surface area (Å²) in [5.74, 6) is -0.189. The van der Waals surface area contributed by atoms with Gasteiger partial charge in [-0.15, -0.1) is 0 Å². The monoisotopic (exact) mass is 238 g/mol. The Labute approximate surface area is 101 Å². The molecule has 5 heteroatoms. The van der Waals surface area contributed by atoms with Crippen LogP contribution in [-0.4, -0.2) is 33.8 Å². The third-order valence-corrected chi connectivity index (χ3v) is 2.55. The summed E-state index contributed by atoms with van der Waals surface area (Å²) in [6.45, 7) is 4.16. The molecule has 0 aliphatic carbocycles. The number of aliphatic hydroxyl groups excluding tert-OH is 1. The van der Waals surface area contributed by atoms with Crippen molar-refractivity contribution in [3.63, 3.8) is 0 Å². The molecule has 0 bridgehead atoms. The molecule has 94 valence electrons. The van der Waals surface area contributed by atoms with E-state index in [4.69, 9.17) is 10.2 Å². The molecule has 0 aliphatic rings. The van der Waals surface area contributed by atoms with Crippen LogP contribution >= 0.6 is 0 Å². The Kier molecular flexibility index (Phi) is 4.90. The summed E-state index contributed by atoms with van der Waals surface area (Å²) in [6, 6.07) is 4.90. The smallest absolute Gasteiger partial charge is 0.354 e. The van der Waals surface area contributed by atoms with Gasteiger partial charge in [0.05, 0.1) is 0 Å². The number of rotatable bonds is 6. The van der Waals surface area contributed by atoms with Crippen LogP contribution in [0.4, 0.5) is 5.82 Å². The molecule has 0 aliphatic heterocycles. The first-order chi connectivity index (χ1) is 8.04. The van der Waals surface area contributed by atoms with Crippen LogP contribution < -0.4 is 5.32 Å². The molecule has 3 N–H and O–H groups in total. The topological polar surface area (TPSA) is 82.5 Å². The Bertz CT molecular complexity index is 380. The zero-order valence-electron chi connectivity index (χ0n) is 10.1. The molecule has 0 aromatic carbocycles. The highest BCUT2D eigenvalue weighted by atomic mass is 16.4. The van der Waals surface area contributed by atoms with E-state index in [0.29, 0.717) is 18.2 Å². The Morgan fingerprint density at radius 3 is 2.71 bits per heavy atom. The van der Waals surface area contributed by atoms with E-state index in [2.05, 4.69) is 10.3 Å². The Morgan fingerprint density at radius 2 is 2.18 bits per heavy atom. The Balaban J connectivity index is 2.78. The molecule has 0 saturated heterocycles. The maximum Gasteiger partial charge on any atom is 0.354 e. The molecule has 1 unspecified atom stereocenters. The summed E-state index contributed by atoms with van der Waals surface area (Å²) in [5, 5.41) is 20.9. The minimum absolute atomic E-state index is 0.0153. The lowest BCUT2D eigenvalue weighted by molar-refractivity contribution is 0.0690. The number of hydrogen-bond acceptors (Lipinski definition) is 4. The van der Waals surface area contributed by atoms with Crippen LogP contribution in [0.25, 0.3) is 0 Å². The first-order valence-electron chi connectivity index (χ1n) is 5.62. The van der Waals surface area contributed by atoms with Gasteiger partial charge in [-0.3, -0.25) is 0 Å². The molecule has 0 amide bonds. The maximum absolute atomic E-state index is 10.8. The van der Waals surface area contributed by atoms with Crippen LogP contribution in [0.3, 0.4) is 0 Å². The number of hydrogen-bond donors (Lipinski definition) is 3. The van der Waals surface area contributed by atoms with Gasteiger partial charge in [0.2, 0.25) is 0 Å². The zero-order chi connectivity index (χ0) is 12.8. The van der Waals surface area contributed by atoms with E-state index in [1.807, 2.05) is 13.8 Å². The Hall–Kier alpha value is -1.62. The van der Waals surface area contributed by atoms with Gasteiger partial charge < -0.3 is 15.5 Å². The number of carboxylic acid groups (broad SMARTS) is 1. The molecule has 17 heavy (non-hydrogen) atoms. The molecule has 1 atom stereocenters. The molecule has 1 rings (SSSR count). The highest BCUT2D eigenvalue weighted by molar-refractivity contribution is 5.85. The largest absolute Gasteiger partial charge is 0.477 e. The van der Waals surface area contributed by atoms with E-state index < -0.39 is 5.97 Å². The van der Waals surface area contributed by atoms with Gasteiger partial charge in [0.15, 0.2) is 5.69 Å². The summed E-state index contributed by atoms with van der Waals surface area (Å²) in [6.07, 6.45) is 0.608. The van der Waals surface area contributed by atoms with E-state index in [-0.39, 0.29) is 18.3 Å². The van der Waals surface area contributed by atoms with Crippen molar-refractivity contribution < 1.29 is 15.0 Å². The summed E-state index contributed by atoms with van der Waals surface area (Å²) in [4.78, 5) is 14.8. The molecule has 1 aromatic rings. The van der Waals surface area contributed by atoms with E-state index in [1.54, 1.807) is 12.1 Å². The summed E-state index contributed by atoms with van der Waals surface area (Å²) < 4.78 is 0. The first-order valence-corrected chi connectivity index (χ1v) is 5.62. The minimum atomic E-state index is -1.04. The number of nitrogens with zero attached hydrogens (tertiary/aromatic N) is 1. The number of aromatic nitrogens is 1. The van der Waals surface area contributed by atoms with E-state index in [1.165, 1.54) is 6.07 Å². The van der Waals surface area contributed by atoms with E-state index in [0.717, 1.165) is 0 Å². The number of carboxylic acids is 1. The maximum atomic E-state index is 10.8. The molecule has 5 nitrogen and oxygen atoms in total. The van der Waals surface area contributed by atoms with Crippen molar-refractivity contribution in [3.05, 3.63) is 23.9 Å². The third kappa shape index (κ3) is 4.03. The number of carbonyl (C=O) groups is 1. The van der Waals surface area contributed by atoms with Gasteiger partial charge in [-0.1, -0.05) is 19.9 Å². The molecule has 0 fully saturated rings. The number of anilines is 1. The van der Waals surface area contributed by atoms with Gasteiger partial charge in [0.25, 0.3) is 0 Å². The van der Waals surface area contributed by atoms with Gasteiger partial charge in [-0.2, -0.15) is 0 Å². The third-order valence-electron chi connectivity index (χ3n) is 2.55. The molecular formula is C12H18N2O3. The molecule has 0 radical (unpaired) electrons. The van der Waals surface area contributed by atoms with Gasteiger partial charge in [-0.05, 0) is 24.5 Å². The lowest BCUT2D eigenvalue weighted by Gasteiger charge is -2.22. The highest BCUT2D eigenvalue weighted by Crippen LogP contribution is 2.13. The van der Waals surface area contributed by atoms with Crippen LogP contribution in [-0.2, 0) is 0 Å². The highest BCUT2D eigenvalue weighted by Gasteiger charge is 2.13. The standard InChI is InChI=1S/C12H18N2O3/c1-8(2)9(6-7-15)13-11-5-3-4-10(14-11)12(16)17/h3-5,8-9,15H,6-7H2,1-2H3,(H,13,14)(H,16,17). The van der Waals surface area contributed by atoms with Gasteiger partial charge >= 0.3 is 5.97 Å². The molecule has 1 heterocycles. The predicted octanol–water partition coefficient (Wildman–Crippen LogP) is 1.60. The average molecular weight is 238 g/mol. The van der Waals surface area contributed by atoms with Gasteiger partial charge in [0, 0.05) is 12.6 Å². The van der Waals surface area contributed by atoms with Crippen molar-refractivity contribution in [1.82, 2.24) is 4.98 Å². The van der Waals surface area contributed by atoms with Crippen LogP contribution in [0.1, 0.15) is 30.8 Å².